The molecule has 0 saturated carbocycles. The summed E-state index contributed by atoms with van der Waals surface area (Å²) in [5, 5.41) is 10.5. The highest BCUT2D eigenvalue weighted by molar-refractivity contribution is 5.81. The number of hydrogen-bond acceptors (Lipinski definition) is 2. The molecule has 2 rings (SSSR count). The van der Waals surface area contributed by atoms with Gasteiger partial charge in [0.25, 0.3) is 0 Å². The molecule has 1 N–H and O–H groups in total. The van der Waals surface area contributed by atoms with Gasteiger partial charge in [0.2, 0.25) is 0 Å². The van der Waals surface area contributed by atoms with E-state index < -0.39 is 5.60 Å². The molecule has 0 bridgehead atoms. The number of rotatable bonds is 1. The van der Waals surface area contributed by atoms with E-state index in [2.05, 4.69) is 0 Å². The van der Waals surface area contributed by atoms with Crippen molar-refractivity contribution in [1.82, 2.24) is 0 Å². The second-order valence-electron chi connectivity index (χ2n) is 3.85. The van der Waals surface area contributed by atoms with Crippen molar-refractivity contribution in [3.05, 3.63) is 35.8 Å². The number of benzene rings is 1. The largest absolute Gasteiger partial charge is 0.464 e. The van der Waals surface area contributed by atoms with E-state index >= 15 is 0 Å². The highest BCUT2D eigenvalue weighted by Crippen LogP contribution is 2.30. The molecule has 3 heteroatoms. The lowest BCUT2D eigenvalue weighted by Crippen LogP contribution is -2.14. The molecule has 0 aliphatic carbocycles. The van der Waals surface area contributed by atoms with Crippen LogP contribution in [0.15, 0.2) is 28.9 Å². The van der Waals surface area contributed by atoms with E-state index in [-0.39, 0.29) is 5.82 Å². The molecule has 0 aliphatic heterocycles. The predicted octanol–water partition coefficient (Wildman–Crippen LogP) is 2.80. The van der Waals surface area contributed by atoms with Crippen LogP contribution in [0.2, 0.25) is 0 Å². The Morgan fingerprint density at radius 3 is 2.71 bits per heavy atom. The van der Waals surface area contributed by atoms with Gasteiger partial charge >= 0.3 is 0 Å². The summed E-state index contributed by atoms with van der Waals surface area (Å²) < 4.78 is 18.0. The maximum atomic E-state index is 12.8. The topological polar surface area (TPSA) is 33.4 Å². The van der Waals surface area contributed by atoms with Gasteiger partial charge in [-0.25, -0.2) is 4.39 Å². The monoisotopic (exact) mass is 194 g/mol. The van der Waals surface area contributed by atoms with Crippen molar-refractivity contribution >= 4 is 11.0 Å². The zero-order valence-electron chi connectivity index (χ0n) is 8.04. The molecule has 1 heterocycles. The average molecular weight is 194 g/mol. The molecule has 74 valence electrons. The van der Waals surface area contributed by atoms with Crippen molar-refractivity contribution in [3.8, 4) is 0 Å². The van der Waals surface area contributed by atoms with E-state index in [0.717, 1.165) is 5.39 Å². The quantitative estimate of drug-likeness (QED) is 0.757. The zero-order valence-corrected chi connectivity index (χ0v) is 8.04. The molecule has 0 saturated heterocycles. The van der Waals surface area contributed by atoms with Crippen LogP contribution in [-0.4, -0.2) is 5.11 Å². The van der Waals surface area contributed by atoms with Gasteiger partial charge in [0.05, 0.1) is 11.9 Å². The number of furan rings is 1. The fraction of sp³-hybridized carbons (Fsp3) is 0.273. The number of halogens is 1. The Morgan fingerprint density at radius 1 is 1.36 bits per heavy atom. The lowest BCUT2D eigenvalue weighted by Gasteiger charge is -2.14. The molecule has 0 spiro atoms. The van der Waals surface area contributed by atoms with Crippen LogP contribution in [0.1, 0.15) is 19.4 Å². The van der Waals surface area contributed by atoms with Gasteiger partial charge < -0.3 is 9.52 Å². The minimum atomic E-state index is -0.969. The maximum absolute atomic E-state index is 12.8. The Hall–Kier alpha value is -1.35. The van der Waals surface area contributed by atoms with Crippen LogP contribution in [0, 0.1) is 5.82 Å². The third kappa shape index (κ3) is 1.40. The van der Waals surface area contributed by atoms with Crippen molar-refractivity contribution in [2.24, 2.45) is 0 Å². The van der Waals surface area contributed by atoms with E-state index in [1.54, 1.807) is 19.9 Å². The smallest absolute Gasteiger partial charge is 0.137 e. The molecule has 2 aromatic rings. The number of hydrogen-bond donors (Lipinski definition) is 1. The summed E-state index contributed by atoms with van der Waals surface area (Å²) in [6, 6.07) is 4.28. The fourth-order valence-corrected chi connectivity index (χ4v) is 1.48. The van der Waals surface area contributed by atoms with Crippen LogP contribution >= 0.6 is 0 Å². The third-order valence-electron chi connectivity index (χ3n) is 2.20. The second kappa shape index (κ2) is 2.82. The number of aliphatic hydroxyl groups is 1. The average Bonchev–Trinajstić information content (AvgIpc) is 2.45. The third-order valence-corrected chi connectivity index (χ3v) is 2.20. The molecule has 0 radical (unpaired) electrons. The van der Waals surface area contributed by atoms with Crippen LogP contribution in [0.5, 0.6) is 0 Å². The lowest BCUT2D eigenvalue weighted by molar-refractivity contribution is 0.0792. The Balaban J connectivity index is 2.70. The Labute approximate surface area is 81.0 Å². The van der Waals surface area contributed by atoms with Crippen LogP contribution in [0.25, 0.3) is 11.0 Å². The Kier molecular flexibility index (Phi) is 1.86. The van der Waals surface area contributed by atoms with Gasteiger partial charge in [0.1, 0.15) is 11.4 Å². The Bertz CT molecular complexity index is 466. The first-order chi connectivity index (χ1) is 6.48. The van der Waals surface area contributed by atoms with Gasteiger partial charge in [-0.15, -0.1) is 0 Å². The van der Waals surface area contributed by atoms with Gasteiger partial charge in [-0.05, 0) is 26.0 Å². The molecule has 1 aromatic heterocycles. The van der Waals surface area contributed by atoms with Crippen LogP contribution < -0.4 is 0 Å². The predicted molar refractivity (Wildman–Crippen MR) is 51.4 cm³/mol. The first kappa shape index (κ1) is 9.21. The van der Waals surface area contributed by atoms with Gasteiger partial charge in [0.15, 0.2) is 0 Å². The van der Waals surface area contributed by atoms with Crippen molar-refractivity contribution in [1.29, 1.82) is 0 Å². The van der Waals surface area contributed by atoms with Gasteiger partial charge in [0, 0.05) is 17.0 Å². The van der Waals surface area contributed by atoms with E-state index in [0.29, 0.717) is 11.1 Å². The standard InChI is InChI=1S/C11H11FO2/c1-11(2,13)9-6-14-10-5-7(12)3-4-8(9)10/h3-6,13H,1-2H3. The molecule has 0 atom stereocenters. The van der Waals surface area contributed by atoms with Crippen LogP contribution in [0.4, 0.5) is 4.39 Å². The summed E-state index contributed by atoms with van der Waals surface area (Å²) in [6.45, 7) is 3.33. The normalized spacial score (nSPS) is 12.3. The first-order valence-corrected chi connectivity index (χ1v) is 4.38. The van der Waals surface area contributed by atoms with Crippen molar-refractivity contribution in [2.45, 2.75) is 19.4 Å². The van der Waals surface area contributed by atoms with E-state index in [4.69, 9.17) is 4.42 Å². The van der Waals surface area contributed by atoms with Gasteiger partial charge in [-0.3, -0.25) is 0 Å². The van der Waals surface area contributed by atoms with Crippen molar-refractivity contribution in [2.75, 3.05) is 0 Å². The highest BCUT2D eigenvalue weighted by atomic mass is 19.1. The SMILES string of the molecule is CC(C)(O)c1coc2cc(F)ccc12. The molecule has 14 heavy (non-hydrogen) atoms. The minimum Gasteiger partial charge on any atom is -0.464 e. The van der Waals surface area contributed by atoms with Crippen LogP contribution in [-0.2, 0) is 5.60 Å². The van der Waals surface area contributed by atoms with Crippen molar-refractivity contribution < 1.29 is 13.9 Å². The van der Waals surface area contributed by atoms with E-state index in [1.165, 1.54) is 18.4 Å². The van der Waals surface area contributed by atoms with Gasteiger partial charge in [-0.2, -0.15) is 0 Å². The molecule has 2 nitrogen and oxygen atoms in total. The van der Waals surface area contributed by atoms with E-state index in [1.807, 2.05) is 0 Å². The summed E-state index contributed by atoms with van der Waals surface area (Å²) in [5.74, 6) is -0.339. The zero-order chi connectivity index (χ0) is 10.3. The maximum Gasteiger partial charge on any atom is 0.137 e. The minimum absolute atomic E-state index is 0.339. The summed E-state index contributed by atoms with van der Waals surface area (Å²) >= 11 is 0. The molecule has 0 fully saturated rings. The first-order valence-electron chi connectivity index (χ1n) is 4.38. The van der Waals surface area contributed by atoms with E-state index in [9.17, 15) is 9.50 Å². The van der Waals surface area contributed by atoms with Gasteiger partial charge in [-0.1, -0.05) is 0 Å². The summed E-state index contributed by atoms with van der Waals surface area (Å²) in [4.78, 5) is 0. The van der Waals surface area contributed by atoms with Crippen LogP contribution in [0.3, 0.4) is 0 Å². The molecule has 0 aliphatic rings. The summed E-state index contributed by atoms with van der Waals surface area (Å²) in [5.41, 5.74) is 0.165. The molecular weight excluding hydrogens is 183 g/mol. The lowest BCUT2D eigenvalue weighted by atomic mass is 9.98. The number of fused-ring (bicyclic) bond motifs is 1. The summed E-state index contributed by atoms with van der Waals surface area (Å²) in [6.07, 6.45) is 1.46. The van der Waals surface area contributed by atoms with Crippen molar-refractivity contribution in [3.63, 3.8) is 0 Å². The highest BCUT2D eigenvalue weighted by Gasteiger charge is 2.21. The Morgan fingerprint density at radius 2 is 2.07 bits per heavy atom. The molecule has 0 unspecified atom stereocenters. The fourth-order valence-electron chi connectivity index (χ4n) is 1.48. The second-order valence-corrected chi connectivity index (χ2v) is 3.85. The molecule has 1 aromatic carbocycles. The molecule has 0 amide bonds. The molecular formula is C11H11FO2. The summed E-state index contributed by atoms with van der Waals surface area (Å²) in [7, 11) is 0.